The van der Waals surface area contributed by atoms with Crippen LogP contribution in [-0.2, 0) is 6.18 Å². The predicted molar refractivity (Wildman–Crippen MR) is 69.5 cm³/mol. The van der Waals surface area contributed by atoms with Gasteiger partial charge >= 0.3 is 6.18 Å². The highest BCUT2D eigenvalue weighted by Gasteiger charge is 2.34. The number of nitrogens with one attached hydrogen (secondary N) is 1. The van der Waals surface area contributed by atoms with Crippen molar-refractivity contribution in [3.05, 3.63) is 22.3 Å². The summed E-state index contributed by atoms with van der Waals surface area (Å²) in [5, 5.41) is 2.75. The number of halogens is 4. The Morgan fingerprint density at radius 1 is 1.39 bits per heavy atom. The van der Waals surface area contributed by atoms with E-state index in [2.05, 4.69) is 40.1 Å². The SMILES string of the molecule is CC(C)CCCNc1ncc(Br)cc1C(F)(F)F. The molecule has 0 fully saturated rings. The fourth-order valence-corrected chi connectivity index (χ4v) is 1.84. The summed E-state index contributed by atoms with van der Waals surface area (Å²) in [6.45, 7) is 4.66. The smallest absolute Gasteiger partial charge is 0.370 e. The zero-order valence-corrected chi connectivity index (χ0v) is 11.9. The van der Waals surface area contributed by atoms with Gasteiger partial charge in [-0.3, -0.25) is 0 Å². The number of aromatic nitrogens is 1. The highest BCUT2D eigenvalue weighted by Crippen LogP contribution is 2.35. The summed E-state index contributed by atoms with van der Waals surface area (Å²) >= 11 is 3.00. The van der Waals surface area contributed by atoms with Gasteiger partial charge in [0, 0.05) is 17.2 Å². The maximum Gasteiger partial charge on any atom is 0.419 e. The van der Waals surface area contributed by atoms with Crippen molar-refractivity contribution < 1.29 is 13.2 Å². The maximum atomic E-state index is 12.8. The van der Waals surface area contributed by atoms with Crippen molar-refractivity contribution in [2.24, 2.45) is 5.92 Å². The highest BCUT2D eigenvalue weighted by atomic mass is 79.9. The molecular weight excluding hydrogens is 309 g/mol. The summed E-state index contributed by atoms with van der Waals surface area (Å²) in [5.41, 5.74) is -0.735. The molecule has 1 rings (SSSR count). The lowest BCUT2D eigenvalue weighted by atomic mass is 10.1. The molecule has 0 radical (unpaired) electrons. The molecule has 1 aromatic heterocycles. The molecule has 0 aliphatic carbocycles. The van der Waals surface area contributed by atoms with E-state index in [1.54, 1.807) is 0 Å². The zero-order chi connectivity index (χ0) is 13.8. The Balaban J connectivity index is 2.70. The van der Waals surface area contributed by atoms with Gasteiger partial charge in [-0.15, -0.1) is 0 Å². The van der Waals surface area contributed by atoms with E-state index in [4.69, 9.17) is 0 Å². The Morgan fingerprint density at radius 3 is 2.61 bits per heavy atom. The number of rotatable bonds is 5. The molecule has 0 saturated carbocycles. The van der Waals surface area contributed by atoms with Crippen molar-refractivity contribution in [1.29, 1.82) is 0 Å². The van der Waals surface area contributed by atoms with Gasteiger partial charge in [-0.2, -0.15) is 13.2 Å². The molecule has 0 amide bonds. The van der Waals surface area contributed by atoms with E-state index in [9.17, 15) is 13.2 Å². The minimum atomic E-state index is -4.39. The second-order valence-electron chi connectivity index (χ2n) is 4.51. The van der Waals surface area contributed by atoms with Crippen LogP contribution in [0.3, 0.4) is 0 Å². The Labute approximate surface area is 113 Å². The van der Waals surface area contributed by atoms with Gasteiger partial charge in [0.05, 0.1) is 5.56 Å². The number of anilines is 1. The fourth-order valence-electron chi connectivity index (χ4n) is 1.51. The van der Waals surface area contributed by atoms with E-state index in [0.717, 1.165) is 18.9 Å². The van der Waals surface area contributed by atoms with E-state index >= 15 is 0 Å². The molecule has 0 atom stereocenters. The topological polar surface area (TPSA) is 24.9 Å². The lowest BCUT2D eigenvalue weighted by Gasteiger charge is -2.14. The van der Waals surface area contributed by atoms with Crippen molar-refractivity contribution in [2.75, 3.05) is 11.9 Å². The molecule has 0 unspecified atom stereocenters. The third kappa shape index (κ3) is 4.84. The van der Waals surface area contributed by atoms with Gasteiger partial charge in [-0.1, -0.05) is 13.8 Å². The molecule has 1 heterocycles. The first-order chi connectivity index (χ1) is 8.30. The first kappa shape index (κ1) is 15.3. The normalized spacial score (nSPS) is 11.9. The average Bonchev–Trinajstić information content (AvgIpc) is 2.24. The average molecular weight is 325 g/mol. The Morgan fingerprint density at radius 2 is 2.06 bits per heavy atom. The van der Waals surface area contributed by atoms with Gasteiger partial charge in [0.2, 0.25) is 0 Å². The lowest BCUT2D eigenvalue weighted by Crippen LogP contribution is -2.13. The first-order valence-corrected chi connectivity index (χ1v) is 6.56. The standard InChI is InChI=1S/C12H16BrF3N2/c1-8(2)4-3-5-17-11-10(12(14,15)16)6-9(13)7-18-11/h6-8H,3-5H2,1-2H3,(H,17,18). The molecule has 6 heteroatoms. The molecule has 102 valence electrons. The minimum absolute atomic E-state index is 0.102. The van der Waals surface area contributed by atoms with Crippen molar-refractivity contribution >= 4 is 21.7 Å². The molecule has 0 spiro atoms. The number of hydrogen-bond donors (Lipinski definition) is 1. The van der Waals surface area contributed by atoms with Crippen LogP contribution in [0.2, 0.25) is 0 Å². The summed E-state index contributed by atoms with van der Waals surface area (Å²) in [7, 11) is 0. The molecule has 18 heavy (non-hydrogen) atoms. The van der Waals surface area contributed by atoms with Gasteiger partial charge in [-0.05, 0) is 40.8 Å². The van der Waals surface area contributed by atoms with E-state index < -0.39 is 11.7 Å². The molecular formula is C12H16BrF3N2. The van der Waals surface area contributed by atoms with Crippen molar-refractivity contribution in [1.82, 2.24) is 4.98 Å². The van der Waals surface area contributed by atoms with Crippen LogP contribution in [0.1, 0.15) is 32.3 Å². The Bertz CT molecular complexity index is 391. The van der Waals surface area contributed by atoms with Crippen molar-refractivity contribution in [2.45, 2.75) is 32.9 Å². The number of nitrogens with zero attached hydrogens (tertiary/aromatic N) is 1. The lowest BCUT2D eigenvalue weighted by molar-refractivity contribution is -0.137. The minimum Gasteiger partial charge on any atom is -0.370 e. The summed E-state index contributed by atoms with van der Waals surface area (Å²) < 4.78 is 38.6. The molecule has 2 nitrogen and oxygen atoms in total. The van der Waals surface area contributed by atoms with Crippen molar-refractivity contribution in [3.63, 3.8) is 0 Å². The van der Waals surface area contributed by atoms with Crippen LogP contribution in [0.25, 0.3) is 0 Å². The number of alkyl halides is 3. The third-order valence-electron chi connectivity index (χ3n) is 2.41. The molecule has 0 bridgehead atoms. The Kier molecular flexibility index (Phi) is 5.44. The monoisotopic (exact) mass is 324 g/mol. The first-order valence-electron chi connectivity index (χ1n) is 5.77. The summed E-state index contributed by atoms with van der Waals surface area (Å²) in [6.07, 6.45) is -1.23. The van der Waals surface area contributed by atoms with Gasteiger partial charge in [0.15, 0.2) is 0 Å². The van der Waals surface area contributed by atoms with E-state index in [1.807, 2.05) is 0 Å². The summed E-state index contributed by atoms with van der Waals surface area (Å²) in [6, 6.07) is 1.04. The maximum absolute atomic E-state index is 12.8. The molecule has 1 aromatic rings. The molecule has 0 saturated heterocycles. The van der Waals surface area contributed by atoms with Crippen LogP contribution in [0.15, 0.2) is 16.7 Å². The summed E-state index contributed by atoms with van der Waals surface area (Å²) in [5.74, 6) is 0.446. The highest BCUT2D eigenvalue weighted by molar-refractivity contribution is 9.10. The van der Waals surface area contributed by atoms with Crippen LogP contribution >= 0.6 is 15.9 Å². The Hall–Kier alpha value is -0.780. The quantitative estimate of drug-likeness (QED) is 0.793. The van der Waals surface area contributed by atoms with Crippen molar-refractivity contribution in [3.8, 4) is 0 Å². The molecule has 0 aliphatic rings. The van der Waals surface area contributed by atoms with E-state index in [1.165, 1.54) is 6.20 Å². The molecule has 1 N–H and O–H groups in total. The molecule has 0 aliphatic heterocycles. The van der Waals surface area contributed by atoms with Crippen LogP contribution in [0, 0.1) is 5.92 Å². The van der Waals surface area contributed by atoms with Crippen LogP contribution in [-0.4, -0.2) is 11.5 Å². The van der Waals surface area contributed by atoms with Gasteiger partial charge in [0.1, 0.15) is 5.82 Å². The van der Waals surface area contributed by atoms with Gasteiger partial charge < -0.3 is 5.32 Å². The zero-order valence-electron chi connectivity index (χ0n) is 10.3. The van der Waals surface area contributed by atoms with E-state index in [0.29, 0.717) is 16.9 Å². The van der Waals surface area contributed by atoms with Gasteiger partial charge in [0.25, 0.3) is 0 Å². The third-order valence-corrected chi connectivity index (χ3v) is 2.84. The predicted octanol–water partition coefficient (Wildman–Crippen LogP) is 4.71. The van der Waals surface area contributed by atoms with E-state index in [-0.39, 0.29) is 5.82 Å². The summed E-state index contributed by atoms with van der Waals surface area (Å²) in [4.78, 5) is 3.78. The van der Waals surface area contributed by atoms with Crippen LogP contribution in [0.4, 0.5) is 19.0 Å². The number of pyridine rings is 1. The van der Waals surface area contributed by atoms with Crippen LogP contribution < -0.4 is 5.32 Å². The van der Waals surface area contributed by atoms with Gasteiger partial charge in [-0.25, -0.2) is 4.98 Å². The van der Waals surface area contributed by atoms with Crippen LogP contribution in [0.5, 0.6) is 0 Å². The largest absolute Gasteiger partial charge is 0.419 e. The number of hydrogen-bond acceptors (Lipinski definition) is 2. The second kappa shape index (κ2) is 6.41. The fraction of sp³-hybridized carbons (Fsp3) is 0.583. The second-order valence-corrected chi connectivity index (χ2v) is 5.43. The molecule has 0 aromatic carbocycles.